The van der Waals surface area contributed by atoms with Crippen LogP contribution in [-0.2, 0) is 0 Å². The number of aryl methyl sites for hydroxylation is 1. The normalized spacial score (nSPS) is 12.7. The first-order valence-electron chi connectivity index (χ1n) is 10.6. The number of hydrogen-bond acceptors (Lipinski definition) is 1. The highest BCUT2D eigenvalue weighted by Crippen LogP contribution is 2.34. The Morgan fingerprint density at radius 2 is 1.89 bits per heavy atom. The molecule has 0 heterocycles. The Kier molecular flexibility index (Phi) is 11.5. The van der Waals surface area contributed by atoms with Crippen molar-refractivity contribution in [1.29, 1.82) is 0 Å². The maximum Gasteiger partial charge on any atom is 0.00483 e. The molecular formula is C26H40S. The molecule has 0 nitrogen and oxygen atoms in total. The van der Waals surface area contributed by atoms with Crippen LogP contribution in [0, 0.1) is 6.92 Å². The van der Waals surface area contributed by atoms with Gasteiger partial charge in [-0.25, -0.2) is 0 Å². The molecule has 1 aromatic carbocycles. The smallest absolute Gasteiger partial charge is 0.00483 e. The fraction of sp³-hybridized carbons (Fsp3) is 0.538. The number of thioether (sulfide) groups is 1. The van der Waals surface area contributed by atoms with Gasteiger partial charge in [-0.1, -0.05) is 88.8 Å². The summed E-state index contributed by atoms with van der Waals surface area (Å²) in [7, 11) is 0. The second-order valence-corrected chi connectivity index (χ2v) is 9.52. The van der Waals surface area contributed by atoms with Crippen LogP contribution in [0.5, 0.6) is 0 Å². The van der Waals surface area contributed by atoms with E-state index in [1.54, 1.807) is 0 Å². The second kappa shape index (κ2) is 13.0. The molecular weight excluding hydrogens is 344 g/mol. The van der Waals surface area contributed by atoms with Crippen LogP contribution >= 0.6 is 11.8 Å². The van der Waals surface area contributed by atoms with Crippen molar-refractivity contribution >= 4 is 17.8 Å². The monoisotopic (exact) mass is 384 g/mol. The predicted molar refractivity (Wildman–Crippen MR) is 128 cm³/mol. The molecule has 1 aromatic rings. The van der Waals surface area contributed by atoms with Crippen molar-refractivity contribution < 1.29 is 0 Å². The van der Waals surface area contributed by atoms with E-state index in [4.69, 9.17) is 0 Å². The summed E-state index contributed by atoms with van der Waals surface area (Å²) in [5, 5.41) is 0.720. The largest absolute Gasteiger partial charge is 0.159 e. The van der Waals surface area contributed by atoms with Gasteiger partial charge in [0, 0.05) is 5.92 Å². The highest BCUT2D eigenvalue weighted by Gasteiger charge is 2.17. The van der Waals surface area contributed by atoms with Crippen molar-refractivity contribution in [3.05, 3.63) is 65.3 Å². The molecule has 0 N–H and O–H groups in total. The summed E-state index contributed by atoms with van der Waals surface area (Å²) in [6.07, 6.45) is 11.4. The Morgan fingerprint density at radius 1 is 1.15 bits per heavy atom. The van der Waals surface area contributed by atoms with Gasteiger partial charge in [0.25, 0.3) is 0 Å². The van der Waals surface area contributed by atoms with Crippen LogP contribution in [-0.4, -0.2) is 11.0 Å². The molecule has 0 radical (unpaired) electrons. The van der Waals surface area contributed by atoms with E-state index in [-0.39, 0.29) is 0 Å². The van der Waals surface area contributed by atoms with E-state index in [0.717, 1.165) is 18.1 Å². The van der Waals surface area contributed by atoms with Crippen LogP contribution in [0.3, 0.4) is 0 Å². The highest BCUT2D eigenvalue weighted by molar-refractivity contribution is 7.99. The van der Waals surface area contributed by atoms with Gasteiger partial charge >= 0.3 is 0 Å². The van der Waals surface area contributed by atoms with Crippen molar-refractivity contribution in [1.82, 2.24) is 0 Å². The molecule has 0 saturated carbocycles. The lowest BCUT2D eigenvalue weighted by Gasteiger charge is -2.23. The summed E-state index contributed by atoms with van der Waals surface area (Å²) < 4.78 is 0. The summed E-state index contributed by atoms with van der Waals surface area (Å²) in [6, 6.07) is 6.91. The van der Waals surface area contributed by atoms with Crippen LogP contribution in [0.15, 0.2) is 48.6 Å². The number of allylic oxidation sites excluding steroid dienone is 3. The molecule has 27 heavy (non-hydrogen) atoms. The minimum atomic E-state index is 0.493. The van der Waals surface area contributed by atoms with Crippen molar-refractivity contribution in [3.8, 4) is 0 Å². The van der Waals surface area contributed by atoms with Crippen molar-refractivity contribution in [3.63, 3.8) is 0 Å². The Labute approximate surface area is 173 Å². The maximum absolute atomic E-state index is 4.48. The molecule has 1 atom stereocenters. The topological polar surface area (TPSA) is 0 Å². The van der Waals surface area contributed by atoms with E-state index in [9.17, 15) is 0 Å². The molecule has 1 heteroatoms. The van der Waals surface area contributed by atoms with Crippen LogP contribution in [0.25, 0.3) is 6.08 Å². The van der Waals surface area contributed by atoms with Crippen molar-refractivity contribution in [2.24, 2.45) is 0 Å². The maximum atomic E-state index is 4.48. The summed E-state index contributed by atoms with van der Waals surface area (Å²) in [6.45, 7) is 19.8. The van der Waals surface area contributed by atoms with Gasteiger partial charge in [-0.05, 0) is 66.7 Å². The van der Waals surface area contributed by atoms with Crippen LogP contribution < -0.4 is 0 Å². The molecule has 0 spiro atoms. The van der Waals surface area contributed by atoms with E-state index < -0.39 is 0 Å². The van der Waals surface area contributed by atoms with Gasteiger partial charge < -0.3 is 0 Å². The van der Waals surface area contributed by atoms with Gasteiger partial charge in [-0.15, -0.1) is 0 Å². The van der Waals surface area contributed by atoms with E-state index >= 15 is 0 Å². The van der Waals surface area contributed by atoms with Gasteiger partial charge in [-0.2, -0.15) is 11.8 Å². The molecule has 0 fully saturated rings. The van der Waals surface area contributed by atoms with Gasteiger partial charge in [0.2, 0.25) is 0 Å². The molecule has 1 unspecified atom stereocenters. The van der Waals surface area contributed by atoms with E-state index in [1.165, 1.54) is 59.3 Å². The second-order valence-electron chi connectivity index (χ2n) is 7.84. The Balaban J connectivity index is 2.93. The molecule has 1 rings (SSSR count). The average molecular weight is 385 g/mol. The Bertz CT molecular complexity index is 621. The highest BCUT2D eigenvalue weighted by atomic mass is 32.2. The zero-order valence-electron chi connectivity index (χ0n) is 18.3. The summed E-state index contributed by atoms with van der Waals surface area (Å²) in [5.41, 5.74) is 6.71. The fourth-order valence-electron chi connectivity index (χ4n) is 3.29. The predicted octanol–water partition coefficient (Wildman–Crippen LogP) is 8.73. The summed E-state index contributed by atoms with van der Waals surface area (Å²) in [5.74, 6) is 1.74. The van der Waals surface area contributed by atoms with E-state index in [2.05, 4.69) is 89.9 Å². The lowest BCUT2D eigenvalue weighted by atomic mass is 9.83. The van der Waals surface area contributed by atoms with Crippen LogP contribution in [0.1, 0.15) is 88.8 Å². The molecule has 150 valence electrons. The molecule has 0 aliphatic carbocycles. The molecule has 0 amide bonds. The van der Waals surface area contributed by atoms with Crippen molar-refractivity contribution in [2.75, 3.05) is 5.75 Å². The summed E-state index contributed by atoms with van der Waals surface area (Å²) >= 11 is 2.07. The standard InChI is InChI=1S/C26H40S/c1-8-10-12-22(6)25(13-11-18-27-20(3)4)26-17-16-24(19-23(26)7)15-14-21(5)9-2/h14-17,19-20,25H,5-6,8-13,18H2,1-4,7H3/b15-14+. The average Bonchev–Trinajstić information content (AvgIpc) is 2.64. The molecule has 0 aliphatic heterocycles. The minimum Gasteiger partial charge on any atom is -0.159 e. The molecule has 0 aromatic heterocycles. The molecule has 0 bridgehead atoms. The van der Waals surface area contributed by atoms with Gasteiger partial charge in [0.05, 0.1) is 0 Å². The number of rotatable bonds is 13. The third-order valence-electron chi connectivity index (χ3n) is 5.07. The zero-order valence-corrected chi connectivity index (χ0v) is 19.1. The summed E-state index contributed by atoms with van der Waals surface area (Å²) in [4.78, 5) is 0. The lowest BCUT2D eigenvalue weighted by molar-refractivity contribution is 0.642. The minimum absolute atomic E-state index is 0.493. The lowest BCUT2D eigenvalue weighted by Crippen LogP contribution is -2.06. The Morgan fingerprint density at radius 3 is 2.48 bits per heavy atom. The third-order valence-corrected chi connectivity index (χ3v) is 6.26. The third kappa shape index (κ3) is 9.02. The number of hydrogen-bond donors (Lipinski definition) is 0. The number of benzene rings is 1. The quantitative estimate of drug-likeness (QED) is 0.186. The first kappa shape index (κ1) is 23.8. The van der Waals surface area contributed by atoms with Crippen LogP contribution in [0.4, 0.5) is 0 Å². The first-order chi connectivity index (χ1) is 12.9. The van der Waals surface area contributed by atoms with Crippen molar-refractivity contribution in [2.45, 2.75) is 84.3 Å². The van der Waals surface area contributed by atoms with Crippen LogP contribution in [0.2, 0.25) is 0 Å². The van der Waals surface area contributed by atoms with Gasteiger partial charge in [-0.3, -0.25) is 0 Å². The number of unbranched alkanes of at least 4 members (excludes halogenated alkanes) is 1. The SMILES string of the molecule is C=C(/C=C/c1ccc(C(CCCSC(C)C)C(=C)CCCC)c(C)c1)CC. The van der Waals surface area contributed by atoms with Gasteiger partial charge in [0.15, 0.2) is 0 Å². The molecule has 0 aliphatic rings. The molecule has 0 saturated heterocycles. The first-order valence-corrected chi connectivity index (χ1v) is 11.7. The zero-order chi connectivity index (χ0) is 20.2. The van der Waals surface area contributed by atoms with E-state index in [1.807, 2.05) is 0 Å². The van der Waals surface area contributed by atoms with Gasteiger partial charge in [0.1, 0.15) is 0 Å². The Hall–Kier alpha value is -1.21. The fourth-order valence-corrected chi connectivity index (χ4v) is 4.09. The van der Waals surface area contributed by atoms with E-state index in [0.29, 0.717) is 5.92 Å².